The lowest BCUT2D eigenvalue weighted by Gasteiger charge is -2.22. The van der Waals surface area contributed by atoms with Gasteiger partial charge in [0, 0.05) is 19.7 Å². The highest BCUT2D eigenvalue weighted by molar-refractivity contribution is 7.12. The van der Waals surface area contributed by atoms with Gasteiger partial charge in [-0.1, -0.05) is 6.07 Å². The van der Waals surface area contributed by atoms with Crippen LogP contribution in [0.3, 0.4) is 0 Å². The number of rotatable bonds is 10. The zero-order valence-electron chi connectivity index (χ0n) is 13.5. The van der Waals surface area contributed by atoms with E-state index in [1.54, 1.807) is 17.9 Å². The molecule has 0 aliphatic carbocycles. The van der Waals surface area contributed by atoms with E-state index in [4.69, 9.17) is 9.47 Å². The predicted molar refractivity (Wildman–Crippen MR) is 87.2 cm³/mol. The first kappa shape index (κ1) is 18.6. The highest BCUT2D eigenvalue weighted by Crippen LogP contribution is 2.13. The average molecular weight is 327 g/mol. The summed E-state index contributed by atoms with van der Waals surface area (Å²) in [6.45, 7) is 7.64. The molecule has 0 unspecified atom stereocenters. The molecular formula is C16H25NO4S. The Bertz CT molecular complexity index is 445. The summed E-state index contributed by atoms with van der Waals surface area (Å²) in [5.74, 6) is -0.311. The summed E-state index contributed by atoms with van der Waals surface area (Å²) in [6, 6.07) is 3.65. The molecule has 1 rings (SSSR count). The summed E-state index contributed by atoms with van der Waals surface area (Å²) in [6.07, 6.45) is 1.15. The van der Waals surface area contributed by atoms with Gasteiger partial charge < -0.3 is 14.4 Å². The van der Waals surface area contributed by atoms with E-state index in [9.17, 15) is 9.59 Å². The van der Waals surface area contributed by atoms with Crippen LogP contribution in [0.25, 0.3) is 0 Å². The summed E-state index contributed by atoms with van der Waals surface area (Å²) in [4.78, 5) is 26.3. The van der Waals surface area contributed by atoms with Gasteiger partial charge in [0.1, 0.15) is 0 Å². The maximum Gasteiger partial charge on any atom is 0.307 e. The average Bonchev–Trinajstić information content (AvgIpc) is 3.00. The van der Waals surface area contributed by atoms with Gasteiger partial charge in [0.15, 0.2) is 0 Å². The molecule has 1 aromatic rings. The minimum Gasteiger partial charge on any atom is -0.466 e. The van der Waals surface area contributed by atoms with Gasteiger partial charge in [0.2, 0.25) is 0 Å². The van der Waals surface area contributed by atoms with Crippen LogP contribution < -0.4 is 0 Å². The second-order valence-corrected chi connectivity index (χ2v) is 6.05. The normalized spacial score (nSPS) is 10.7. The topological polar surface area (TPSA) is 55.8 Å². The molecule has 1 heterocycles. The first-order chi connectivity index (χ1) is 10.5. The SMILES string of the molecule is CCOC(=O)CCN(CCCOC(C)C)C(=O)c1cccs1. The van der Waals surface area contributed by atoms with E-state index in [1.165, 1.54) is 11.3 Å². The fraction of sp³-hybridized carbons (Fsp3) is 0.625. The fourth-order valence-electron chi connectivity index (χ4n) is 1.90. The van der Waals surface area contributed by atoms with Crippen molar-refractivity contribution in [3.8, 4) is 0 Å². The Hall–Kier alpha value is -1.40. The lowest BCUT2D eigenvalue weighted by atomic mass is 10.3. The minimum atomic E-state index is -0.273. The summed E-state index contributed by atoms with van der Waals surface area (Å²) in [5, 5.41) is 1.87. The molecule has 0 aliphatic rings. The van der Waals surface area contributed by atoms with E-state index in [1.807, 2.05) is 25.3 Å². The van der Waals surface area contributed by atoms with Gasteiger partial charge >= 0.3 is 5.97 Å². The van der Waals surface area contributed by atoms with Gasteiger partial charge in [-0.2, -0.15) is 0 Å². The molecule has 1 aromatic heterocycles. The van der Waals surface area contributed by atoms with Crippen molar-refractivity contribution in [3.05, 3.63) is 22.4 Å². The molecule has 0 aromatic carbocycles. The molecule has 0 aliphatic heterocycles. The number of ether oxygens (including phenoxy) is 2. The minimum absolute atomic E-state index is 0.0381. The van der Waals surface area contributed by atoms with Crippen LogP contribution in [0.1, 0.15) is 43.3 Å². The van der Waals surface area contributed by atoms with Crippen LogP contribution >= 0.6 is 11.3 Å². The number of thiophene rings is 1. The largest absolute Gasteiger partial charge is 0.466 e. The lowest BCUT2D eigenvalue weighted by molar-refractivity contribution is -0.143. The lowest BCUT2D eigenvalue weighted by Crippen LogP contribution is -2.34. The van der Waals surface area contributed by atoms with Gasteiger partial charge in [0.25, 0.3) is 5.91 Å². The Morgan fingerprint density at radius 1 is 1.32 bits per heavy atom. The Balaban J connectivity index is 2.52. The third-order valence-electron chi connectivity index (χ3n) is 2.93. The molecule has 0 radical (unpaired) electrons. The van der Waals surface area contributed by atoms with Crippen LogP contribution in [0.4, 0.5) is 0 Å². The van der Waals surface area contributed by atoms with Crippen LogP contribution in [-0.2, 0) is 14.3 Å². The summed E-state index contributed by atoms with van der Waals surface area (Å²) in [7, 11) is 0. The van der Waals surface area contributed by atoms with E-state index < -0.39 is 0 Å². The van der Waals surface area contributed by atoms with E-state index in [0.29, 0.717) is 31.2 Å². The Labute approximate surface area is 136 Å². The second-order valence-electron chi connectivity index (χ2n) is 5.10. The highest BCUT2D eigenvalue weighted by atomic mass is 32.1. The van der Waals surface area contributed by atoms with Gasteiger partial charge in [-0.05, 0) is 38.6 Å². The zero-order chi connectivity index (χ0) is 16.4. The fourth-order valence-corrected chi connectivity index (χ4v) is 2.60. The van der Waals surface area contributed by atoms with Crippen molar-refractivity contribution in [2.75, 3.05) is 26.3 Å². The first-order valence-corrected chi connectivity index (χ1v) is 8.52. The van der Waals surface area contributed by atoms with Crippen molar-refractivity contribution in [1.82, 2.24) is 4.90 Å². The van der Waals surface area contributed by atoms with Crippen molar-refractivity contribution in [2.24, 2.45) is 0 Å². The Morgan fingerprint density at radius 2 is 2.09 bits per heavy atom. The molecule has 1 amide bonds. The molecule has 0 bridgehead atoms. The number of carbonyl (C=O) groups is 2. The molecule has 6 heteroatoms. The van der Waals surface area contributed by atoms with Crippen LogP contribution in [0.15, 0.2) is 17.5 Å². The summed E-state index contributed by atoms with van der Waals surface area (Å²) < 4.78 is 10.4. The van der Waals surface area contributed by atoms with Gasteiger partial charge in [-0.25, -0.2) is 0 Å². The van der Waals surface area contributed by atoms with Gasteiger partial charge in [-0.15, -0.1) is 11.3 Å². The number of hydrogen-bond donors (Lipinski definition) is 0. The third-order valence-corrected chi connectivity index (χ3v) is 3.79. The zero-order valence-corrected chi connectivity index (χ0v) is 14.4. The van der Waals surface area contributed by atoms with Crippen molar-refractivity contribution in [1.29, 1.82) is 0 Å². The van der Waals surface area contributed by atoms with Gasteiger partial charge in [-0.3, -0.25) is 9.59 Å². The van der Waals surface area contributed by atoms with Crippen LogP contribution in [0.2, 0.25) is 0 Å². The molecule has 22 heavy (non-hydrogen) atoms. The molecule has 0 spiro atoms. The van der Waals surface area contributed by atoms with Crippen molar-refractivity contribution in [3.63, 3.8) is 0 Å². The standard InChI is InChI=1S/C16H25NO4S/c1-4-20-15(18)8-10-17(9-6-11-21-13(2)3)16(19)14-7-5-12-22-14/h5,7,12-13H,4,6,8-11H2,1-3H3. The van der Waals surface area contributed by atoms with E-state index >= 15 is 0 Å². The van der Waals surface area contributed by atoms with Crippen LogP contribution in [-0.4, -0.2) is 49.2 Å². The number of hydrogen-bond acceptors (Lipinski definition) is 5. The van der Waals surface area contributed by atoms with Crippen molar-refractivity contribution >= 4 is 23.2 Å². The number of amides is 1. The molecule has 0 saturated carbocycles. The summed E-state index contributed by atoms with van der Waals surface area (Å²) in [5.41, 5.74) is 0. The van der Waals surface area contributed by atoms with Crippen molar-refractivity contribution in [2.45, 2.75) is 39.7 Å². The molecular weight excluding hydrogens is 302 g/mol. The highest BCUT2D eigenvalue weighted by Gasteiger charge is 2.17. The van der Waals surface area contributed by atoms with Crippen LogP contribution in [0, 0.1) is 0 Å². The number of esters is 1. The van der Waals surface area contributed by atoms with E-state index in [0.717, 1.165) is 6.42 Å². The number of nitrogens with zero attached hydrogens (tertiary/aromatic N) is 1. The second kappa shape index (κ2) is 10.3. The van der Waals surface area contributed by atoms with E-state index in [-0.39, 0.29) is 24.4 Å². The molecule has 124 valence electrons. The smallest absolute Gasteiger partial charge is 0.307 e. The van der Waals surface area contributed by atoms with E-state index in [2.05, 4.69) is 0 Å². The molecule has 0 N–H and O–H groups in total. The molecule has 5 nitrogen and oxygen atoms in total. The first-order valence-electron chi connectivity index (χ1n) is 7.64. The Morgan fingerprint density at radius 3 is 2.68 bits per heavy atom. The summed E-state index contributed by atoms with van der Waals surface area (Å²) >= 11 is 1.41. The third kappa shape index (κ3) is 7.04. The molecule has 0 fully saturated rings. The monoisotopic (exact) mass is 327 g/mol. The van der Waals surface area contributed by atoms with Crippen molar-refractivity contribution < 1.29 is 19.1 Å². The maximum atomic E-state index is 12.4. The predicted octanol–water partition coefficient (Wildman–Crippen LogP) is 2.96. The van der Waals surface area contributed by atoms with Gasteiger partial charge in [0.05, 0.1) is 24.0 Å². The Kier molecular flexibility index (Phi) is 8.77. The molecule has 0 saturated heterocycles. The maximum absolute atomic E-state index is 12.4. The van der Waals surface area contributed by atoms with Crippen LogP contribution in [0.5, 0.6) is 0 Å². The quantitative estimate of drug-likeness (QED) is 0.490. The molecule has 0 atom stereocenters. The number of carbonyl (C=O) groups excluding carboxylic acids is 2.